The fourth-order valence-electron chi connectivity index (χ4n) is 3.36. The van der Waals surface area contributed by atoms with Crippen LogP contribution in [0.5, 0.6) is 0 Å². The van der Waals surface area contributed by atoms with Crippen LogP contribution in [0.2, 0.25) is 0 Å². The molecule has 3 heterocycles. The molecule has 0 unspecified atom stereocenters. The number of rotatable bonds is 3. The Kier molecular flexibility index (Phi) is 4.10. The minimum Gasteiger partial charge on any atom is -0.382 e. The summed E-state index contributed by atoms with van der Waals surface area (Å²) in [4.78, 5) is 14.1. The van der Waals surface area contributed by atoms with E-state index in [4.69, 9.17) is 10.5 Å². The first kappa shape index (κ1) is 16.0. The molecule has 7 heteroatoms. The minimum atomic E-state index is -0.217. The average Bonchev–Trinajstić information content (AvgIpc) is 2.91. The number of benzene rings is 1. The van der Waals surface area contributed by atoms with Crippen molar-refractivity contribution in [2.45, 2.75) is 19.6 Å². The molecular formula is C18H20FN5O. The predicted octanol–water partition coefficient (Wildman–Crippen LogP) is 2.56. The van der Waals surface area contributed by atoms with E-state index in [9.17, 15) is 4.39 Å². The van der Waals surface area contributed by atoms with Crippen molar-refractivity contribution in [3.63, 3.8) is 0 Å². The van der Waals surface area contributed by atoms with Crippen LogP contribution < -0.4 is 5.73 Å². The van der Waals surface area contributed by atoms with Crippen molar-refractivity contribution in [1.82, 2.24) is 19.9 Å². The number of hydrogen-bond acceptors (Lipinski definition) is 5. The standard InChI is InChI=1S/C18H20FN5O/c1-11-13-8-12(19)2-3-14(13)23-15(11)9-24-6-7-25-16(10-24)17-18(20)22-5-4-21-17/h2-5,8,16,23H,6-7,9-10H2,1H3,(H2,20,22)/t16-/m0/s1. The first-order valence-electron chi connectivity index (χ1n) is 8.29. The topological polar surface area (TPSA) is 80.1 Å². The summed E-state index contributed by atoms with van der Waals surface area (Å²) in [6.45, 7) is 4.87. The maximum absolute atomic E-state index is 13.5. The predicted molar refractivity (Wildman–Crippen MR) is 93.4 cm³/mol. The quantitative estimate of drug-likeness (QED) is 0.765. The van der Waals surface area contributed by atoms with E-state index in [1.807, 2.05) is 6.92 Å². The molecule has 25 heavy (non-hydrogen) atoms. The Balaban J connectivity index is 1.55. The van der Waals surface area contributed by atoms with Crippen molar-refractivity contribution in [2.24, 2.45) is 0 Å². The van der Waals surface area contributed by atoms with E-state index >= 15 is 0 Å². The summed E-state index contributed by atoms with van der Waals surface area (Å²) in [6, 6.07) is 4.83. The molecule has 0 aliphatic carbocycles. The normalized spacial score (nSPS) is 18.7. The van der Waals surface area contributed by atoms with Crippen LogP contribution in [0.3, 0.4) is 0 Å². The number of nitrogen functional groups attached to an aromatic ring is 1. The lowest BCUT2D eigenvalue weighted by Gasteiger charge is -2.32. The molecule has 3 N–H and O–H groups in total. The van der Waals surface area contributed by atoms with Gasteiger partial charge in [-0.15, -0.1) is 0 Å². The van der Waals surface area contributed by atoms with Gasteiger partial charge in [0, 0.05) is 48.6 Å². The molecular weight excluding hydrogens is 321 g/mol. The van der Waals surface area contributed by atoms with Gasteiger partial charge in [-0.25, -0.2) is 9.37 Å². The van der Waals surface area contributed by atoms with E-state index in [0.29, 0.717) is 24.7 Å². The number of aryl methyl sites for hydroxylation is 1. The third kappa shape index (κ3) is 3.08. The summed E-state index contributed by atoms with van der Waals surface area (Å²) in [5, 5.41) is 0.929. The first-order chi connectivity index (χ1) is 12.1. The molecule has 1 aliphatic heterocycles. The number of hydrogen-bond donors (Lipinski definition) is 2. The molecule has 1 aromatic carbocycles. The summed E-state index contributed by atoms with van der Waals surface area (Å²) in [5.41, 5.74) is 9.73. The van der Waals surface area contributed by atoms with Gasteiger partial charge in [0.1, 0.15) is 23.4 Å². The van der Waals surface area contributed by atoms with E-state index in [1.165, 1.54) is 6.07 Å². The number of fused-ring (bicyclic) bond motifs is 1. The summed E-state index contributed by atoms with van der Waals surface area (Å²) in [7, 11) is 0. The Morgan fingerprint density at radius 3 is 3.04 bits per heavy atom. The minimum absolute atomic E-state index is 0.190. The second kappa shape index (κ2) is 6.42. The van der Waals surface area contributed by atoms with Crippen molar-refractivity contribution in [3.8, 4) is 0 Å². The third-order valence-corrected chi connectivity index (χ3v) is 4.72. The molecule has 0 radical (unpaired) electrons. The van der Waals surface area contributed by atoms with Crippen LogP contribution in [-0.4, -0.2) is 39.5 Å². The molecule has 4 rings (SSSR count). The first-order valence-corrected chi connectivity index (χ1v) is 8.29. The van der Waals surface area contributed by atoms with Crippen LogP contribution in [0, 0.1) is 12.7 Å². The Hall–Kier alpha value is -2.51. The molecule has 0 saturated carbocycles. The lowest BCUT2D eigenvalue weighted by Crippen LogP contribution is -2.38. The Labute approximate surface area is 144 Å². The third-order valence-electron chi connectivity index (χ3n) is 4.72. The molecule has 6 nitrogen and oxygen atoms in total. The lowest BCUT2D eigenvalue weighted by atomic mass is 10.1. The number of ether oxygens (including phenoxy) is 1. The molecule has 0 spiro atoms. The molecule has 0 bridgehead atoms. The highest BCUT2D eigenvalue weighted by atomic mass is 19.1. The van der Waals surface area contributed by atoms with Gasteiger partial charge >= 0.3 is 0 Å². The number of H-pyrrole nitrogens is 1. The second-order valence-corrected chi connectivity index (χ2v) is 6.34. The molecule has 2 aromatic heterocycles. The van der Waals surface area contributed by atoms with Gasteiger partial charge in [-0.3, -0.25) is 9.88 Å². The van der Waals surface area contributed by atoms with E-state index in [-0.39, 0.29) is 11.9 Å². The smallest absolute Gasteiger partial charge is 0.147 e. The Bertz CT molecular complexity index is 910. The summed E-state index contributed by atoms with van der Waals surface area (Å²) in [6.07, 6.45) is 3.01. The van der Waals surface area contributed by atoms with E-state index in [0.717, 1.165) is 35.2 Å². The molecule has 1 atom stereocenters. The average molecular weight is 341 g/mol. The van der Waals surface area contributed by atoms with Crippen LogP contribution >= 0.6 is 0 Å². The van der Waals surface area contributed by atoms with Crippen LogP contribution in [0.25, 0.3) is 10.9 Å². The largest absolute Gasteiger partial charge is 0.382 e. The molecule has 1 saturated heterocycles. The molecule has 3 aromatic rings. The number of halogens is 1. The van der Waals surface area contributed by atoms with Gasteiger partial charge in [0.25, 0.3) is 0 Å². The van der Waals surface area contributed by atoms with Crippen molar-refractivity contribution >= 4 is 16.7 Å². The van der Waals surface area contributed by atoms with Gasteiger partial charge in [-0.1, -0.05) is 0 Å². The van der Waals surface area contributed by atoms with E-state index in [2.05, 4.69) is 19.9 Å². The summed E-state index contributed by atoms with van der Waals surface area (Å²) in [5.74, 6) is 0.192. The highest BCUT2D eigenvalue weighted by Gasteiger charge is 2.26. The van der Waals surface area contributed by atoms with E-state index < -0.39 is 0 Å². The Morgan fingerprint density at radius 2 is 2.20 bits per heavy atom. The number of nitrogens with zero attached hydrogens (tertiary/aromatic N) is 3. The fraction of sp³-hybridized carbons (Fsp3) is 0.333. The summed E-state index contributed by atoms with van der Waals surface area (Å²) >= 11 is 0. The van der Waals surface area contributed by atoms with Gasteiger partial charge in [0.2, 0.25) is 0 Å². The van der Waals surface area contributed by atoms with Crippen LogP contribution in [0.15, 0.2) is 30.6 Å². The highest BCUT2D eigenvalue weighted by Crippen LogP contribution is 2.27. The van der Waals surface area contributed by atoms with Crippen LogP contribution in [-0.2, 0) is 11.3 Å². The van der Waals surface area contributed by atoms with E-state index in [1.54, 1.807) is 24.5 Å². The number of aromatic nitrogens is 3. The van der Waals surface area contributed by atoms with Crippen molar-refractivity contribution in [1.29, 1.82) is 0 Å². The molecule has 130 valence electrons. The molecule has 1 aliphatic rings. The number of aromatic amines is 1. The maximum atomic E-state index is 13.5. The van der Waals surface area contributed by atoms with Crippen LogP contribution in [0.1, 0.15) is 23.1 Å². The van der Waals surface area contributed by atoms with Crippen molar-refractivity contribution < 1.29 is 9.13 Å². The monoisotopic (exact) mass is 341 g/mol. The number of nitrogens with two attached hydrogens (primary N) is 1. The maximum Gasteiger partial charge on any atom is 0.147 e. The van der Waals surface area contributed by atoms with Crippen molar-refractivity contribution in [2.75, 3.05) is 25.4 Å². The second-order valence-electron chi connectivity index (χ2n) is 6.34. The van der Waals surface area contributed by atoms with Gasteiger partial charge in [-0.05, 0) is 30.7 Å². The lowest BCUT2D eigenvalue weighted by molar-refractivity contribution is -0.0350. The van der Waals surface area contributed by atoms with Crippen molar-refractivity contribution in [3.05, 3.63) is 53.4 Å². The van der Waals surface area contributed by atoms with Crippen LogP contribution in [0.4, 0.5) is 10.2 Å². The van der Waals surface area contributed by atoms with Gasteiger partial charge in [-0.2, -0.15) is 0 Å². The molecule has 0 amide bonds. The number of nitrogens with one attached hydrogen (secondary N) is 1. The Morgan fingerprint density at radius 1 is 1.36 bits per heavy atom. The molecule has 1 fully saturated rings. The SMILES string of the molecule is Cc1c(CN2CCO[C@H](c3nccnc3N)C2)[nH]c2ccc(F)cc12. The fourth-order valence-corrected chi connectivity index (χ4v) is 3.36. The zero-order valence-electron chi connectivity index (χ0n) is 14.0. The summed E-state index contributed by atoms with van der Waals surface area (Å²) < 4.78 is 19.3. The number of anilines is 1. The van der Waals surface area contributed by atoms with Gasteiger partial charge < -0.3 is 15.5 Å². The van der Waals surface area contributed by atoms with Gasteiger partial charge in [0.05, 0.1) is 6.61 Å². The zero-order chi connectivity index (χ0) is 17.4. The highest BCUT2D eigenvalue weighted by molar-refractivity contribution is 5.84. The zero-order valence-corrected chi connectivity index (χ0v) is 14.0. The van der Waals surface area contributed by atoms with Gasteiger partial charge in [0.15, 0.2) is 0 Å². The number of morpholine rings is 1.